The van der Waals surface area contributed by atoms with Gasteiger partial charge in [0.05, 0.1) is 5.56 Å². The van der Waals surface area contributed by atoms with Gasteiger partial charge in [-0.25, -0.2) is 13.6 Å². The number of halogens is 5. The van der Waals surface area contributed by atoms with Crippen molar-refractivity contribution < 1.29 is 31.9 Å². The number of amides is 1. The van der Waals surface area contributed by atoms with Gasteiger partial charge in [-0.15, -0.1) is 0 Å². The number of carbonyl (C=O) groups is 1. The fraction of sp³-hybridized carbons (Fsp3) is 0.462. The maximum atomic E-state index is 13.9. The van der Waals surface area contributed by atoms with Crippen LogP contribution in [0.5, 0.6) is 0 Å². The molecule has 116 valence electrons. The van der Waals surface area contributed by atoms with Crippen molar-refractivity contribution in [3.05, 3.63) is 35.4 Å². The quantitative estimate of drug-likeness (QED) is 0.863. The molecule has 2 rings (SSSR count). The maximum absolute atomic E-state index is 13.9. The van der Waals surface area contributed by atoms with Crippen molar-refractivity contribution >= 4 is 6.09 Å². The summed E-state index contributed by atoms with van der Waals surface area (Å²) < 4.78 is 65.0. The molecule has 0 aromatic heterocycles. The van der Waals surface area contributed by atoms with Gasteiger partial charge in [0.1, 0.15) is 0 Å². The molecule has 1 aromatic rings. The highest BCUT2D eigenvalue weighted by Gasteiger charge is 2.41. The van der Waals surface area contributed by atoms with Crippen molar-refractivity contribution in [3.63, 3.8) is 0 Å². The minimum absolute atomic E-state index is 0.0194. The number of hydrogen-bond acceptors (Lipinski definition) is 1. The Hall–Kier alpha value is -1.86. The van der Waals surface area contributed by atoms with Crippen LogP contribution >= 0.6 is 0 Å². The Labute approximate surface area is 117 Å². The average Bonchev–Trinajstić information content (AvgIpc) is 2.32. The van der Waals surface area contributed by atoms with Crippen molar-refractivity contribution in [1.82, 2.24) is 4.90 Å². The molecule has 21 heavy (non-hydrogen) atoms. The highest BCUT2D eigenvalue weighted by atomic mass is 19.4. The summed E-state index contributed by atoms with van der Waals surface area (Å²) in [4.78, 5) is 11.5. The lowest BCUT2D eigenvalue weighted by Crippen LogP contribution is -2.50. The molecule has 1 saturated heterocycles. The minimum atomic E-state index is -4.57. The Morgan fingerprint density at radius 1 is 1.10 bits per heavy atom. The van der Waals surface area contributed by atoms with Gasteiger partial charge in [0, 0.05) is 31.0 Å². The predicted octanol–water partition coefficient (Wildman–Crippen LogP) is 3.80. The van der Waals surface area contributed by atoms with Gasteiger partial charge in [-0.2, -0.15) is 13.2 Å². The average molecular weight is 309 g/mol. The molecule has 1 aromatic carbocycles. The zero-order chi connectivity index (χ0) is 15.8. The lowest BCUT2D eigenvalue weighted by atomic mass is 9.90. The first-order chi connectivity index (χ1) is 9.59. The third kappa shape index (κ3) is 3.43. The van der Waals surface area contributed by atoms with E-state index in [1.807, 2.05) is 0 Å². The Bertz CT molecular complexity index is 520. The second-order valence-corrected chi connectivity index (χ2v) is 5.04. The second-order valence-electron chi connectivity index (χ2n) is 5.04. The molecule has 0 bridgehead atoms. The van der Waals surface area contributed by atoms with Crippen molar-refractivity contribution in [3.8, 4) is 0 Å². The van der Waals surface area contributed by atoms with Gasteiger partial charge in [0.2, 0.25) is 0 Å². The van der Waals surface area contributed by atoms with E-state index in [1.165, 1.54) is 0 Å². The summed E-state index contributed by atoms with van der Waals surface area (Å²) in [7, 11) is 0. The Balaban J connectivity index is 2.01. The van der Waals surface area contributed by atoms with Crippen LogP contribution in [0.1, 0.15) is 17.5 Å². The van der Waals surface area contributed by atoms with Crippen molar-refractivity contribution in [2.75, 3.05) is 13.1 Å². The molecular formula is C13H12F5NO2. The molecule has 3 nitrogen and oxygen atoms in total. The first-order valence-electron chi connectivity index (χ1n) is 6.13. The number of carboxylic acid groups (broad SMARTS) is 1. The smallest absolute Gasteiger partial charge is 0.416 e. The Morgan fingerprint density at radius 3 is 2.00 bits per heavy atom. The molecule has 1 amide bonds. The summed E-state index contributed by atoms with van der Waals surface area (Å²) >= 11 is 0. The molecule has 0 unspecified atom stereocenters. The molecule has 1 N–H and O–H groups in total. The van der Waals surface area contributed by atoms with Gasteiger partial charge in [0.25, 0.3) is 5.92 Å². The molecule has 1 aliphatic rings. The van der Waals surface area contributed by atoms with Crippen LogP contribution in [-0.2, 0) is 12.1 Å². The van der Waals surface area contributed by atoms with E-state index in [0.717, 1.165) is 17.0 Å². The van der Waals surface area contributed by atoms with E-state index in [9.17, 15) is 26.7 Å². The number of alkyl halides is 5. The summed E-state index contributed by atoms with van der Waals surface area (Å²) in [5.74, 6) is -3.77. The third-order valence-electron chi connectivity index (χ3n) is 3.41. The van der Waals surface area contributed by atoms with Crippen molar-refractivity contribution in [1.29, 1.82) is 0 Å². The second kappa shape index (κ2) is 5.16. The van der Waals surface area contributed by atoms with E-state index in [-0.39, 0.29) is 13.1 Å². The molecule has 1 heterocycles. The van der Waals surface area contributed by atoms with Crippen LogP contribution < -0.4 is 0 Å². The predicted molar refractivity (Wildman–Crippen MR) is 63.0 cm³/mol. The van der Waals surface area contributed by atoms with Crippen LogP contribution in [-0.4, -0.2) is 29.2 Å². The maximum Gasteiger partial charge on any atom is 0.416 e. The van der Waals surface area contributed by atoms with Crippen LogP contribution in [0.25, 0.3) is 0 Å². The molecule has 1 fully saturated rings. The minimum Gasteiger partial charge on any atom is -0.465 e. The summed E-state index contributed by atoms with van der Waals surface area (Å²) in [6.07, 6.45) is -6.31. The summed E-state index contributed by atoms with van der Waals surface area (Å²) in [5.41, 5.74) is -1.48. The van der Waals surface area contributed by atoms with Gasteiger partial charge in [-0.1, -0.05) is 12.1 Å². The molecule has 0 spiro atoms. The molecule has 0 atom stereocenters. The van der Waals surface area contributed by atoms with Crippen LogP contribution in [0.3, 0.4) is 0 Å². The molecule has 0 saturated carbocycles. The number of likely N-dealkylation sites (tertiary alicyclic amines) is 1. The number of rotatable bonds is 3. The topological polar surface area (TPSA) is 40.5 Å². The van der Waals surface area contributed by atoms with Gasteiger partial charge in [-0.3, -0.25) is 0 Å². The van der Waals surface area contributed by atoms with Gasteiger partial charge in [-0.05, 0) is 12.1 Å². The number of benzene rings is 1. The van der Waals surface area contributed by atoms with E-state index < -0.39 is 41.7 Å². The van der Waals surface area contributed by atoms with Gasteiger partial charge >= 0.3 is 12.3 Å². The lowest BCUT2D eigenvalue weighted by molar-refractivity contribution is -0.137. The lowest BCUT2D eigenvalue weighted by Gasteiger charge is -2.38. The van der Waals surface area contributed by atoms with Crippen LogP contribution in [0.15, 0.2) is 24.3 Å². The molecular weight excluding hydrogens is 297 g/mol. The van der Waals surface area contributed by atoms with E-state index >= 15 is 0 Å². The molecule has 1 aliphatic heterocycles. The summed E-state index contributed by atoms with van der Waals surface area (Å²) in [6, 6.07) is 2.76. The Morgan fingerprint density at radius 2 is 1.57 bits per heavy atom. The Kier molecular flexibility index (Phi) is 3.81. The van der Waals surface area contributed by atoms with Crippen molar-refractivity contribution in [2.45, 2.75) is 18.5 Å². The summed E-state index contributed by atoms with van der Waals surface area (Å²) in [6.45, 7) is 0.0388. The molecule has 0 aliphatic carbocycles. The van der Waals surface area contributed by atoms with Gasteiger partial charge < -0.3 is 10.0 Å². The highest BCUT2D eigenvalue weighted by Crippen LogP contribution is 2.38. The van der Waals surface area contributed by atoms with Crippen LogP contribution in [0.2, 0.25) is 0 Å². The monoisotopic (exact) mass is 309 g/mol. The number of hydrogen-bond donors (Lipinski definition) is 1. The highest BCUT2D eigenvalue weighted by molar-refractivity contribution is 5.66. The standard InChI is InChI=1S/C13H12F5NO2/c14-12(15,5-8-6-19(7-8)11(20)21)9-1-3-10(4-2-9)13(16,17)18/h1-4,8H,5-7H2,(H,20,21). The van der Waals surface area contributed by atoms with Crippen LogP contribution in [0, 0.1) is 5.92 Å². The van der Waals surface area contributed by atoms with E-state index in [0.29, 0.717) is 12.1 Å². The van der Waals surface area contributed by atoms with Gasteiger partial charge in [0.15, 0.2) is 0 Å². The SMILES string of the molecule is O=C(O)N1CC(CC(F)(F)c2ccc(C(F)(F)F)cc2)C1. The largest absolute Gasteiger partial charge is 0.465 e. The van der Waals surface area contributed by atoms with Crippen LogP contribution in [0.4, 0.5) is 26.7 Å². The van der Waals surface area contributed by atoms with E-state index in [4.69, 9.17) is 5.11 Å². The first-order valence-corrected chi connectivity index (χ1v) is 6.13. The van der Waals surface area contributed by atoms with E-state index in [2.05, 4.69) is 0 Å². The summed E-state index contributed by atoms with van der Waals surface area (Å²) in [5, 5.41) is 8.61. The fourth-order valence-corrected chi connectivity index (χ4v) is 2.24. The third-order valence-corrected chi connectivity index (χ3v) is 3.41. The first kappa shape index (κ1) is 15.5. The zero-order valence-electron chi connectivity index (χ0n) is 10.7. The normalized spacial score (nSPS) is 16.7. The number of nitrogens with zero attached hydrogens (tertiary/aromatic N) is 1. The zero-order valence-corrected chi connectivity index (χ0v) is 10.7. The van der Waals surface area contributed by atoms with E-state index in [1.54, 1.807) is 0 Å². The molecule has 0 radical (unpaired) electrons. The molecule has 8 heteroatoms. The van der Waals surface area contributed by atoms with Crippen molar-refractivity contribution in [2.24, 2.45) is 5.92 Å². The fourth-order valence-electron chi connectivity index (χ4n) is 2.24.